The van der Waals surface area contributed by atoms with Gasteiger partial charge in [-0.05, 0) is 63.6 Å². The molecule has 1 atom stereocenters. The zero-order chi connectivity index (χ0) is 28.1. The maximum absolute atomic E-state index is 12.9. The SMILES string of the molecule is C[C@@](O)(CNC1CCC(Nc2cc(-c3cccc(NCC4(C#N)CCOCC4)n3)c(Cl)cn2)CC1)C(F)(F)F. The number of hydrogen-bond acceptors (Lipinski definition) is 8. The molecule has 212 valence electrons. The summed E-state index contributed by atoms with van der Waals surface area (Å²) in [5.74, 6) is 1.28. The first-order chi connectivity index (χ1) is 18.5. The van der Waals surface area contributed by atoms with Gasteiger partial charge in [-0.2, -0.15) is 18.4 Å². The second kappa shape index (κ2) is 12.3. The number of halogens is 4. The summed E-state index contributed by atoms with van der Waals surface area (Å²) in [5, 5.41) is 29.4. The second-order valence-electron chi connectivity index (χ2n) is 10.7. The molecule has 8 nitrogen and oxygen atoms in total. The van der Waals surface area contributed by atoms with Crippen LogP contribution in [0.1, 0.15) is 45.4 Å². The molecule has 0 unspecified atom stereocenters. The summed E-state index contributed by atoms with van der Waals surface area (Å²) in [6, 6.07) is 9.89. The third-order valence-electron chi connectivity index (χ3n) is 7.60. The van der Waals surface area contributed by atoms with Gasteiger partial charge in [0, 0.05) is 50.1 Å². The fourth-order valence-electron chi connectivity index (χ4n) is 4.84. The fraction of sp³-hybridized carbons (Fsp3) is 0.593. The number of nitrogens with one attached hydrogen (secondary N) is 3. The molecule has 2 fully saturated rings. The number of nitriles is 1. The monoisotopic (exact) mass is 566 g/mol. The van der Waals surface area contributed by atoms with Crippen LogP contribution in [0.3, 0.4) is 0 Å². The van der Waals surface area contributed by atoms with Gasteiger partial charge in [0.2, 0.25) is 0 Å². The summed E-state index contributed by atoms with van der Waals surface area (Å²) in [6.07, 6.45) is 1.09. The highest BCUT2D eigenvalue weighted by Gasteiger charge is 2.49. The third kappa shape index (κ3) is 7.51. The lowest BCUT2D eigenvalue weighted by Gasteiger charge is -2.33. The van der Waals surface area contributed by atoms with Crippen LogP contribution < -0.4 is 16.0 Å². The van der Waals surface area contributed by atoms with E-state index in [2.05, 4.69) is 27.0 Å². The Labute approximate surface area is 231 Å². The molecule has 1 aliphatic carbocycles. The number of anilines is 2. The number of nitrogens with zero attached hydrogens (tertiary/aromatic N) is 3. The molecule has 2 aromatic rings. The largest absolute Gasteiger partial charge is 0.418 e. The molecule has 12 heteroatoms. The van der Waals surface area contributed by atoms with Crippen LogP contribution in [0.25, 0.3) is 11.3 Å². The number of aliphatic hydroxyl groups is 1. The van der Waals surface area contributed by atoms with Crippen molar-refractivity contribution in [2.24, 2.45) is 5.41 Å². The van der Waals surface area contributed by atoms with Gasteiger partial charge in [-0.3, -0.25) is 0 Å². The Bertz CT molecular complexity index is 1160. The molecule has 2 aromatic heterocycles. The molecule has 2 aliphatic rings. The van der Waals surface area contributed by atoms with Crippen LogP contribution in [0.4, 0.5) is 24.8 Å². The van der Waals surface area contributed by atoms with Crippen molar-refractivity contribution >= 4 is 23.2 Å². The normalized spacial score (nSPS) is 22.9. The summed E-state index contributed by atoms with van der Waals surface area (Å²) >= 11 is 6.48. The first-order valence-corrected chi connectivity index (χ1v) is 13.5. The predicted octanol–water partition coefficient (Wildman–Crippen LogP) is 5.16. The predicted molar refractivity (Wildman–Crippen MR) is 143 cm³/mol. The number of pyridine rings is 2. The number of aromatic nitrogens is 2. The smallest absolute Gasteiger partial charge is 0.381 e. The maximum Gasteiger partial charge on any atom is 0.418 e. The van der Waals surface area contributed by atoms with Crippen molar-refractivity contribution in [2.45, 2.75) is 69.3 Å². The Morgan fingerprint density at radius 1 is 1.15 bits per heavy atom. The lowest BCUT2D eigenvalue weighted by molar-refractivity contribution is -0.250. The summed E-state index contributed by atoms with van der Waals surface area (Å²) in [4.78, 5) is 9.11. The molecule has 1 aliphatic heterocycles. The highest BCUT2D eigenvalue weighted by molar-refractivity contribution is 6.33. The second-order valence-corrected chi connectivity index (χ2v) is 11.1. The molecule has 0 amide bonds. The van der Waals surface area contributed by atoms with Crippen LogP contribution in [-0.4, -0.2) is 65.2 Å². The summed E-state index contributed by atoms with van der Waals surface area (Å²) in [7, 11) is 0. The van der Waals surface area contributed by atoms with Gasteiger partial charge in [-0.25, -0.2) is 9.97 Å². The number of alkyl halides is 3. The van der Waals surface area contributed by atoms with Gasteiger partial charge in [-0.15, -0.1) is 0 Å². The molecule has 1 saturated carbocycles. The standard InChI is InChI=1S/C27H34ClF3N6O2/c1-25(38,27(29,30)31)16-34-18-5-7-19(8-6-18)36-24-13-20(21(28)14-33-24)22-3-2-4-23(37-22)35-17-26(15-32)9-11-39-12-10-26/h2-4,13-14,18-19,34,38H,5-12,16-17H2,1H3,(H,33,36)(H,35,37)/t18?,19?,25-/m1/s1. The van der Waals surface area contributed by atoms with E-state index in [0.717, 1.165) is 19.8 Å². The van der Waals surface area contributed by atoms with Crippen molar-refractivity contribution in [1.29, 1.82) is 5.26 Å². The number of rotatable bonds is 9. The molecule has 0 aromatic carbocycles. The molecule has 0 radical (unpaired) electrons. The van der Waals surface area contributed by atoms with Crippen molar-refractivity contribution in [3.05, 3.63) is 35.5 Å². The highest BCUT2D eigenvalue weighted by atomic mass is 35.5. The maximum atomic E-state index is 12.9. The topological polar surface area (TPSA) is 115 Å². The van der Waals surface area contributed by atoms with Crippen LogP contribution in [0, 0.1) is 16.7 Å². The zero-order valence-electron chi connectivity index (χ0n) is 21.8. The van der Waals surface area contributed by atoms with Crippen LogP contribution in [0.2, 0.25) is 5.02 Å². The van der Waals surface area contributed by atoms with E-state index in [1.165, 1.54) is 0 Å². The summed E-state index contributed by atoms with van der Waals surface area (Å²) in [5.41, 5.74) is -1.86. The fourth-order valence-corrected chi connectivity index (χ4v) is 5.04. The molecule has 39 heavy (non-hydrogen) atoms. The first-order valence-electron chi connectivity index (χ1n) is 13.2. The van der Waals surface area contributed by atoms with E-state index in [1.54, 1.807) is 6.20 Å². The van der Waals surface area contributed by atoms with Crippen LogP contribution in [0.5, 0.6) is 0 Å². The lowest BCUT2D eigenvalue weighted by atomic mass is 9.82. The Morgan fingerprint density at radius 3 is 2.51 bits per heavy atom. The lowest BCUT2D eigenvalue weighted by Crippen LogP contribution is -2.52. The van der Waals surface area contributed by atoms with Gasteiger partial charge in [0.1, 0.15) is 11.6 Å². The van der Waals surface area contributed by atoms with Gasteiger partial charge in [-0.1, -0.05) is 17.7 Å². The van der Waals surface area contributed by atoms with E-state index in [1.807, 2.05) is 24.3 Å². The van der Waals surface area contributed by atoms with E-state index in [4.69, 9.17) is 21.3 Å². The Morgan fingerprint density at radius 2 is 1.85 bits per heavy atom. The van der Waals surface area contributed by atoms with E-state index in [0.29, 0.717) is 73.4 Å². The van der Waals surface area contributed by atoms with Gasteiger partial charge < -0.3 is 25.8 Å². The minimum absolute atomic E-state index is 0.0913. The number of hydrogen-bond donors (Lipinski definition) is 4. The van der Waals surface area contributed by atoms with Crippen molar-refractivity contribution in [1.82, 2.24) is 15.3 Å². The van der Waals surface area contributed by atoms with Gasteiger partial charge in [0.25, 0.3) is 0 Å². The quantitative estimate of drug-likeness (QED) is 0.329. The molecular formula is C27H34ClF3N6O2. The molecule has 4 N–H and O–H groups in total. The summed E-state index contributed by atoms with van der Waals surface area (Å²) in [6.45, 7) is 1.87. The van der Waals surface area contributed by atoms with Gasteiger partial charge in [0.05, 0.1) is 22.2 Å². The van der Waals surface area contributed by atoms with Crippen LogP contribution in [-0.2, 0) is 4.74 Å². The van der Waals surface area contributed by atoms with Gasteiger partial charge in [0.15, 0.2) is 5.60 Å². The minimum Gasteiger partial charge on any atom is -0.381 e. The molecule has 0 bridgehead atoms. The average molecular weight is 567 g/mol. The molecule has 4 rings (SSSR count). The van der Waals surface area contributed by atoms with Crippen molar-refractivity contribution in [3.63, 3.8) is 0 Å². The Hall–Kier alpha value is -2.65. The molecule has 3 heterocycles. The molecular weight excluding hydrogens is 533 g/mol. The summed E-state index contributed by atoms with van der Waals surface area (Å²) < 4.78 is 44.1. The van der Waals surface area contributed by atoms with Crippen LogP contribution >= 0.6 is 11.6 Å². The molecule has 1 saturated heterocycles. The van der Waals surface area contributed by atoms with Gasteiger partial charge >= 0.3 is 6.18 Å². The highest BCUT2D eigenvalue weighted by Crippen LogP contribution is 2.33. The Balaban J connectivity index is 1.34. The van der Waals surface area contributed by atoms with E-state index < -0.39 is 23.7 Å². The number of ether oxygens (including phenoxy) is 1. The zero-order valence-corrected chi connectivity index (χ0v) is 22.6. The van der Waals surface area contributed by atoms with Crippen LogP contribution in [0.15, 0.2) is 30.5 Å². The minimum atomic E-state index is -4.68. The van der Waals surface area contributed by atoms with Crippen molar-refractivity contribution in [2.75, 3.05) is 36.9 Å². The van der Waals surface area contributed by atoms with Crippen molar-refractivity contribution in [3.8, 4) is 17.3 Å². The van der Waals surface area contributed by atoms with E-state index in [9.17, 15) is 23.5 Å². The molecule has 0 spiro atoms. The Kier molecular flexibility index (Phi) is 9.21. The third-order valence-corrected chi connectivity index (χ3v) is 7.90. The first kappa shape index (κ1) is 29.3. The van der Waals surface area contributed by atoms with Crippen molar-refractivity contribution < 1.29 is 23.0 Å². The van der Waals surface area contributed by atoms with E-state index >= 15 is 0 Å². The average Bonchev–Trinajstić information content (AvgIpc) is 2.93. The van der Waals surface area contributed by atoms with E-state index in [-0.39, 0.29) is 12.1 Å².